The summed E-state index contributed by atoms with van der Waals surface area (Å²) in [4.78, 5) is 30.1. The minimum atomic E-state index is -0.656. The Hall–Kier alpha value is -1.59. The van der Waals surface area contributed by atoms with E-state index < -0.39 is 5.97 Å². The van der Waals surface area contributed by atoms with Crippen LogP contribution in [0.5, 0.6) is 0 Å². The molecule has 0 radical (unpaired) electrons. The van der Waals surface area contributed by atoms with Gasteiger partial charge in [-0.05, 0) is 32.1 Å². The number of hydrogen-bond acceptors (Lipinski definition) is 5. The van der Waals surface area contributed by atoms with Crippen LogP contribution >= 0.6 is 0 Å². The van der Waals surface area contributed by atoms with Crippen LogP contribution in [0.4, 0.5) is 0 Å². The molecule has 6 heteroatoms. The molecule has 6 nitrogen and oxygen atoms in total. The molecule has 0 amide bonds. The Morgan fingerprint density at radius 2 is 0.758 bits per heavy atom. The second-order valence-corrected chi connectivity index (χ2v) is 19.7. The molecule has 1 N–H and O–H groups in total. The van der Waals surface area contributed by atoms with Gasteiger partial charge in [0, 0.05) is 32.4 Å². The monoisotopic (exact) mass is 873 g/mol. The number of ether oxygens (including phenoxy) is 1. The number of unbranched alkanes of at least 4 members (excludes halogenated alkanes) is 42. The largest absolute Gasteiger partial charge is 0.481 e. The van der Waals surface area contributed by atoms with Crippen molar-refractivity contribution in [2.75, 3.05) is 26.2 Å². The molecule has 366 valence electrons. The highest BCUT2D eigenvalue weighted by molar-refractivity contribution is 5.83. The lowest BCUT2D eigenvalue weighted by atomic mass is 10.0. The molecule has 0 aromatic heterocycles. The highest BCUT2D eigenvalue weighted by Gasteiger charge is 2.15. The first-order chi connectivity index (χ1) is 30.6. The zero-order valence-electron chi connectivity index (χ0n) is 41.8. The van der Waals surface area contributed by atoms with Gasteiger partial charge in [0.1, 0.15) is 0 Å². The maximum absolute atomic E-state index is 12.1. The number of hydrogen-bond donors (Lipinski definition) is 1. The molecule has 1 heterocycles. The lowest BCUT2D eigenvalue weighted by molar-refractivity contribution is -0.144. The molecule has 1 rings (SSSR count). The van der Waals surface area contributed by atoms with Crippen molar-refractivity contribution >= 4 is 17.8 Å². The topological polar surface area (TPSA) is 79.2 Å². The van der Waals surface area contributed by atoms with Gasteiger partial charge >= 0.3 is 11.9 Å². The fourth-order valence-electron chi connectivity index (χ4n) is 9.47. The third-order valence-electron chi connectivity index (χ3n) is 13.6. The molecule has 0 spiro atoms. The lowest BCUT2D eigenvalue weighted by Crippen LogP contribution is -2.28. The normalized spacial score (nSPS) is 12.7. The molecular weight excluding hydrogens is 765 g/mol. The predicted octanol–water partition coefficient (Wildman–Crippen LogP) is 18.1. The van der Waals surface area contributed by atoms with Crippen molar-refractivity contribution in [3.05, 3.63) is 0 Å². The number of amidine groups is 1. The lowest BCUT2D eigenvalue weighted by Gasteiger charge is -2.20. The molecule has 0 atom stereocenters. The summed E-state index contributed by atoms with van der Waals surface area (Å²) in [6, 6.07) is 0. The van der Waals surface area contributed by atoms with E-state index in [1.807, 2.05) is 0 Å². The quantitative estimate of drug-likeness (QED) is 0.0486. The third kappa shape index (κ3) is 43.7. The number of nitrogens with zero attached hydrogens (tertiary/aromatic N) is 2. The Balaban J connectivity index is 1.73. The van der Waals surface area contributed by atoms with Crippen molar-refractivity contribution < 1.29 is 19.4 Å². The molecule has 0 saturated heterocycles. The number of aliphatic carboxylic acids is 1. The highest BCUT2D eigenvalue weighted by Crippen LogP contribution is 2.18. The first-order valence-electron chi connectivity index (χ1n) is 28.3. The maximum Gasteiger partial charge on any atom is 0.305 e. The smallest absolute Gasteiger partial charge is 0.305 e. The fraction of sp³-hybridized carbons (Fsp3) is 0.946. The van der Waals surface area contributed by atoms with E-state index in [2.05, 4.69) is 11.8 Å². The zero-order valence-corrected chi connectivity index (χ0v) is 41.8. The number of carbonyl (C=O) groups is 2. The summed E-state index contributed by atoms with van der Waals surface area (Å²) in [5.74, 6) is 0.771. The SMILES string of the molecule is CCCCCCCCCCCCCCCCCCOC(=O)CCCCCCCCCCCCCCCCCN1CCN=C1CCCCCCCCCCCCCCCCC(=O)O. The van der Waals surface area contributed by atoms with Gasteiger partial charge in [-0.2, -0.15) is 0 Å². The molecule has 62 heavy (non-hydrogen) atoms. The van der Waals surface area contributed by atoms with Crippen molar-refractivity contribution in [3.63, 3.8) is 0 Å². The van der Waals surface area contributed by atoms with Crippen molar-refractivity contribution in [2.45, 2.75) is 315 Å². The number of carboxylic acid groups (broad SMARTS) is 1. The molecule has 0 aliphatic carbocycles. The standard InChI is InChI=1S/C56H108N2O4/c1-2-3-4-5-6-7-8-9-10-16-21-26-31-36-41-46-53-62-56(61)49-44-39-34-29-24-19-12-11-15-20-25-30-35-40-45-51-58-52-50-57-54(58)47-42-37-32-27-22-17-13-14-18-23-28-33-38-43-48-55(59)60/h2-53H2,1H3,(H,59,60). The Morgan fingerprint density at radius 3 is 1.15 bits per heavy atom. The van der Waals surface area contributed by atoms with E-state index in [4.69, 9.17) is 14.8 Å². The summed E-state index contributed by atoms with van der Waals surface area (Å²) >= 11 is 0. The zero-order chi connectivity index (χ0) is 44.5. The van der Waals surface area contributed by atoms with Gasteiger partial charge in [0.2, 0.25) is 0 Å². The number of aliphatic imine (C=N–C) groups is 1. The maximum atomic E-state index is 12.1. The summed E-state index contributed by atoms with van der Waals surface area (Å²) in [6.07, 6.45) is 62.1. The van der Waals surface area contributed by atoms with Gasteiger partial charge in [0.15, 0.2) is 0 Å². The molecular formula is C56H108N2O4. The molecule has 0 aromatic carbocycles. The van der Waals surface area contributed by atoms with Crippen molar-refractivity contribution in [3.8, 4) is 0 Å². The summed E-state index contributed by atoms with van der Waals surface area (Å²) in [5.41, 5.74) is 0. The van der Waals surface area contributed by atoms with Crippen molar-refractivity contribution in [2.24, 2.45) is 4.99 Å². The van der Waals surface area contributed by atoms with Gasteiger partial charge < -0.3 is 14.7 Å². The average Bonchev–Trinajstić information content (AvgIpc) is 3.72. The Bertz CT molecular complexity index is 970. The van der Waals surface area contributed by atoms with Crippen LogP contribution in [0, 0.1) is 0 Å². The van der Waals surface area contributed by atoms with Gasteiger partial charge in [0.05, 0.1) is 19.0 Å². The second-order valence-electron chi connectivity index (χ2n) is 19.7. The van der Waals surface area contributed by atoms with Crippen LogP contribution in [-0.2, 0) is 14.3 Å². The van der Waals surface area contributed by atoms with Crippen LogP contribution in [0.3, 0.4) is 0 Å². The molecule has 1 aliphatic heterocycles. The molecule has 1 aliphatic rings. The van der Waals surface area contributed by atoms with E-state index in [0.29, 0.717) is 19.4 Å². The van der Waals surface area contributed by atoms with Gasteiger partial charge in [-0.3, -0.25) is 14.6 Å². The minimum Gasteiger partial charge on any atom is -0.481 e. The third-order valence-corrected chi connectivity index (χ3v) is 13.6. The van der Waals surface area contributed by atoms with Crippen molar-refractivity contribution in [1.29, 1.82) is 0 Å². The van der Waals surface area contributed by atoms with E-state index in [1.165, 1.54) is 282 Å². The van der Waals surface area contributed by atoms with Gasteiger partial charge in [-0.25, -0.2) is 0 Å². The minimum absolute atomic E-state index is 0.0236. The Morgan fingerprint density at radius 1 is 0.435 bits per heavy atom. The first-order valence-corrected chi connectivity index (χ1v) is 28.3. The summed E-state index contributed by atoms with van der Waals surface area (Å²) in [6.45, 7) is 6.30. The van der Waals surface area contributed by atoms with Crippen LogP contribution in [0.1, 0.15) is 315 Å². The van der Waals surface area contributed by atoms with E-state index in [0.717, 1.165) is 38.8 Å². The van der Waals surface area contributed by atoms with E-state index in [9.17, 15) is 9.59 Å². The van der Waals surface area contributed by atoms with Crippen LogP contribution in [-0.4, -0.2) is 54.0 Å². The van der Waals surface area contributed by atoms with Gasteiger partial charge in [-0.15, -0.1) is 0 Å². The summed E-state index contributed by atoms with van der Waals surface area (Å²) < 4.78 is 5.50. The summed E-state index contributed by atoms with van der Waals surface area (Å²) in [5, 5.41) is 8.70. The number of carboxylic acids is 1. The number of esters is 1. The molecule has 0 fully saturated rings. The predicted molar refractivity (Wildman–Crippen MR) is 270 cm³/mol. The van der Waals surface area contributed by atoms with Crippen LogP contribution < -0.4 is 0 Å². The van der Waals surface area contributed by atoms with Crippen LogP contribution in [0.15, 0.2) is 4.99 Å². The van der Waals surface area contributed by atoms with Gasteiger partial charge in [0.25, 0.3) is 0 Å². The molecule has 0 bridgehead atoms. The van der Waals surface area contributed by atoms with E-state index in [1.54, 1.807) is 0 Å². The second kappa shape index (κ2) is 48.9. The number of carbonyl (C=O) groups excluding carboxylic acids is 1. The first kappa shape index (κ1) is 58.4. The molecule has 0 unspecified atom stereocenters. The highest BCUT2D eigenvalue weighted by atomic mass is 16.5. The summed E-state index contributed by atoms with van der Waals surface area (Å²) in [7, 11) is 0. The van der Waals surface area contributed by atoms with E-state index in [-0.39, 0.29) is 5.97 Å². The van der Waals surface area contributed by atoms with Crippen LogP contribution in [0.2, 0.25) is 0 Å². The molecule has 0 aromatic rings. The molecule has 0 saturated carbocycles. The Kier molecular flexibility index (Phi) is 46.0. The van der Waals surface area contributed by atoms with Crippen LogP contribution in [0.25, 0.3) is 0 Å². The average molecular weight is 873 g/mol. The fourth-order valence-corrected chi connectivity index (χ4v) is 9.47. The van der Waals surface area contributed by atoms with Gasteiger partial charge in [-0.1, -0.05) is 264 Å². The van der Waals surface area contributed by atoms with Crippen molar-refractivity contribution in [1.82, 2.24) is 4.90 Å². The Labute approximate surface area is 387 Å². The number of rotatable bonds is 52. The van der Waals surface area contributed by atoms with E-state index >= 15 is 0 Å².